The van der Waals surface area contributed by atoms with Crippen molar-refractivity contribution in [2.24, 2.45) is 0 Å². The summed E-state index contributed by atoms with van der Waals surface area (Å²) in [6.45, 7) is 3.46. The van der Waals surface area contributed by atoms with Gasteiger partial charge in [0.15, 0.2) is 0 Å². The van der Waals surface area contributed by atoms with Crippen LogP contribution in [0.1, 0.15) is 35.3 Å². The summed E-state index contributed by atoms with van der Waals surface area (Å²) < 4.78 is 12.0. The fourth-order valence-corrected chi connectivity index (χ4v) is 5.39. The van der Waals surface area contributed by atoms with Gasteiger partial charge in [-0.15, -0.1) is 0 Å². The van der Waals surface area contributed by atoms with Gasteiger partial charge in [0.2, 0.25) is 0 Å². The molecule has 178 valence electrons. The van der Waals surface area contributed by atoms with E-state index in [9.17, 15) is 19.2 Å². The summed E-state index contributed by atoms with van der Waals surface area (Å²) in [4.78, 5) is 49.1. The molecule has 1 saturated heterocycles. The maximum atomic E-state index is 12.8. The van der Waals surface area contributed by atoms with E-state index in [2.05, 4.69) is 31.9 Å². The third-order valence-corrected chi connectivity index (χ3v) is 6.80. The van der Waals surface area contributed by atoms with Crippen LogP contribution >= 0.6 is 43.6 Å². The van der Waals surface area contributed by atoms with Gasteiger partial charge in [-0.25, -0.2) is 9.59 Å². The van der Waals surface area contributed by atoms with Crippen LogP contribution in [-0.4, -0.2) is 45.7 Å². The van der Waals surface area contributed by atoms with Gasteiger partial charge in [0, 0.05) is 0 Å². The number of carboxylic acid groups (broad SMARTS) is 1. The van der Waals surface area contributed by atoms with Gasteiger partial charge in [-0.1, -0.05) is 12.1 Å². The smallest absolute Gasteiger partial charge is 0.335 e. The van der Waals surface area contributed by atoms with E-state index in [1.165, 1.54) is 19.1 Å². The number of imide groups is 1. The zero-order valence-electron chi connectivity index (χ0n) is 18.0. The number of carbonyl (C=O) groups excluding carboxylic acids is 3. The highest BCUT2D eigenvalue weighted by atomic mass is 79.9. The first-order valence-electron chi connectivity index (χ1n) is 10.00. The molecule has 1 fully saturated rings. The molecule has 2 aromatic rings. The zero-order valence-corrected chi connectivity index (χ0v) is 22.0. The molecular weight excluding hydrogens is 594 g/mol. The van der Waals surface area contributed by atoms with Gasteiger partial charge in [0.05, 0.1) is 26.0 Å². The summed E-state index contributed by atoms with van der Waals surface area (Å²) in [6, 6.07) is 8.80. The number of carboxylic acids is 1. The summed E-state index contributed by atoms with van der Waals surface area (Å²) in [7, 11) is 0. The van der Waals surface area contributed by atoms with Crippen LogP contribution < -0.4 is 4.74 Å². The van der Waals surface area contributed by atoms with Crippen LogP contribution in [-0.2, 0) is 20.9 Å². The minimum atomic E-state index is -1.02. The van der Waals surface area contributed by atoms with Gasteiger partial charge in [-0.2, -0.15) is 0 Å². The number of hydrogen-bond acceptors (Lipinski definition) is 7. The van der Waals surface area contributed by atoms with Crippen molar-refractivity contribution in [1.29, 1.82) is 0 Å². The molecule has 2 aromatic carbocycles. The molecule has 3 rings (SSSR count). The number of halogens is 2. The first kappa shape index (κ1) is 26.0. The highest BCUT2D eigenvalue weighted by molar-refractivity contribution is 9.11. The van der Waals surface area contributed by atoms with E-state index in [0.29, 0.717) is 20.3 Å². The number of rotatable bonds is 8. The highest BCUT2D eigenvalue weighted by Gasteiger charge is 2.41. The Bertz CT molecular complexity index is 1160. The van der Waals surface area contributed by atoms with Crippen LogP contribution in [0.3, 0.4) is 0 Å². The van der Waals surface area contributed by atoms with Crippen molar-refractivity contribution in [3.63, 3.8) is 0 Å². The summed E-state index contributed by atoms with van der Waals surface area (Å²) in [5, 5.41) is 8.45. The van der Waals surface area contributed by atoms with Crippen molar-refractivity contribution < 1.29 is 33.8 Å². The minimum absolute atomic E-state index is 0.152. The predicted molar refractivity (Wildman–Crippen MR) is 133 cm³/mol. The molecular formula is C23H19Br2NO7S. The topological polar surface area (TPSA) is 110 Å². The highest BCUT2D eigenvalue weighted by Crippen LogP contribution is 2.38. The number of thioether (sulfide) groups is 1. The van der Waals surface area contributed by atoms with E-state index in [1.54, 1.807) is 37.3 Å². The molecule has 1 N–H and O–H groups in total. The van der Waals surface area contributed by atoms with Crippen LogP contribution in [0.2, 0.25) is 0 Å². The Morgan fingerprint density at radius 2 is 1.76 bits per heavy atom. The number of ether oxygens (including phenoxy) is 2. The van der Waals surface area contributed by atoms with Gasteiger partial charge in [-0.3, -0.25) is 14.5 Å². The second-order valence-corrected chi connectivity index (χ2v) is 9.79. The maximum absolute atomic E-state index is 12.8. The van der Waals surface area contributed by atoms with E-state index >= 15 is 0 Å². The Labute approximate surface area is 216 Å². The maximum Gasteiger partial charge on any atom is 0.335 e. The van der Waals surface area contributed by atoms with Gasteiger partial charge in [0.25, 0.3) is 11.1 Å². The number of aromatic carboxylic acids is 1. The van der Waals surface area contributed by atoms with Gasteiger partial charge < -0.3 is 14.6 Å². The van der Waals surface area contributed by atoms with Crippen molar-refractivity contribution in [2.45, 2.75) is 26.5 Å². The molecule has 1 aliphatic rings. The number of hydrogen-bond donors (Lipinski definition) is 1. The molecule has 34 heavy (non-hydrogen) atoms. The van der Waals surface area contributed by atoms with Gasteiger partial charge >= 0.3 is 11.9 Å². The number of amides is 2. The van der Waals surface area contributed by atoms with Crippen molar-refractivity contribution in [1.82, 2.24) is 4.90 Å². The fraction of sp³-hybridized carbons (Fsp3) is 0.217. The van der Waals surface area contributed by atoms with Crippen LogP contribution in [0.5, 0.6) is 5.75 Å². The summed E-state index contributed by atoms with van der Waals surface area (Å²) >= 11 is 7.67. The molecule has 0 unspecified atom stereocenters. The molecule has 0 bridgehead atoms. The molecule has 1 atom stereocenters. The first-order valence-corrected chi connectivity index (χ1v) is 12.4. The van der Waals surface area contributed by atoms with Crippen molar-refractivity contribution >= 4 is 72.8 Å². The minimum Gasteiger partial charge on any atom is -0.487 e. The SMILES string of the molecule is CCOC(=O)[C@H](C)N1C(=O)S/C(=C/c2cc(Br)c(OCc3ccc(C(=O)O)cc3)c(Br)c2)C1=O. The first-order chi connectivity index (χ1) is 16.1. The summed E-state index contributed by atoms with van der Waals surface area (Å²) in [6.07, 6.45) is 1.56. The lowest BCUT2D eigenvalue weighted by Gasteiger charge is -2.19. The lowest BCUT2D eigenvalue weighted by molar-refractivity contribution is -0.150. The normalized spacial score (nSPS) is 15.5. The zero-order chi connectivity index (χ0) is 25.0. The van der Waals surface area contributed by atoms with E-state index < -0.39 is 29.1 Å². The van der Waals surface area contributed by atoms with E-state index in [4.69, 9.17) is 14.6 Å². The Hall–Kier alpha value is -2.63. The number of esters is 1. The number of carbonyl (C=O) groups is 4. The average molecular weight is 613 g/mol. The van der Waals surface area contributed by atoms with Crippen molar-refractivity contribution in [3.8, 4) is 5.75 Å². The summed E-state index contributed by atoms with van der Waals surface area (Å²) in [5.74, 6) is -1.69. The molecule has 1 heterocycles. The molecule has 0 spiro atoms. The lowest BCUT2D eigenvalue weighted by atomic mass is 10.1. The van der Waals surface area contributed by atoms with Crippen LogP contribution in [0.15, 0.2) is 50.2 Å². The predicted octanol–water partition coefficient (Wildman–Crippen LogP) is 5.48. The number of benzene rings is 2. The fourth-order valence-electron chi connectivity index (χ4n) is 3.03. The van der Waals surface area contributed by atoms with E-state index in [1.807, 2.05) is 0 Å². The second-order valence-electron chi connectivity index (χ2n) is 7.08. The van der Waals surface area contributed by atoms with E-state index in [-0.39, 0.29) is 23.7 Å². The Kier molecular flexibility index (Phi) is 8.56. The Morgan fingerprint density at radius 3 is 2.32 bits per heavy atom. The summed E-state index contributed by atoms with van der Waals surface area (Å²) in [5.41, 5.74) is 1.61. The molecule has 11 heteroatoms. The molecule has 0 aromatic heterocycles. The quantitative estimate of drug-likeness (QED) is 0.308. The second kappa shape index (κ2) is 11.2. The Morgan fingerprint density at radius 1 is 1.15 bits per heavy atom. The molecule has 0 radical (unpaired) electrons. The molecule has 8 nitrogen and oxygen atoms in total. The van der Waals surface area contributed by atoms with Crippen molar-refractivity contribution in [3.05, 3.63) is 66.9 Å². The monoisotopic (exact) mass is 611 g/mol. The van der Waals surface area contributed by atoms with Crippen LogP contribution in [0, 0.1) is 0 Å². The third kappa shape index (κ3) is 5.89. The number of nitrogens with zero attached hydrogens (tertiary/aromatic N) is 1. The lowest BCUT2D eigenvalue weighted by Crippen LogP contribution is -2.42. The Balaban J connectivity index is 1.75. The van der Waals surface area contributed by atoms with Gasteiger partial charge in [0.1, 0.15) is 18.4 Å². The molecule has 2 amide bonds. The van der Waals surface area contributed by atoms with Gasteiger partial charge in [-0.05, 0) is 98.9 Å². The molecule has 1 aliphatic heterocycles. The molecule has 0 aliphatic carbocycles. The average Bonchev–Trinajstić information content (AvgIpc) is 3.05. The standard InChI is InChI=1S/C23H19Br2NO7S/c1-3-32-22(30)12(2)26-20(27)18(34-23(26)31)10-14-8-16(24)19(17(25)9-14)33-11-13-4-6-15(7-5-13)21(28)29/h4-10,12H,3,11H2,1-2H3,(H,28,29)/b18-10+/t12-/m0/s1. The van der Waals surface area contributed by atoms with Crippen LogP contribution in [0.25, 0.3) is 6.08 Å². The van der Waals surface area contributed by atoms with E-state index in [0.717, 1.165) is 22.2 Å². The molecule has 0 saturated carbocycles. The van der Waals surface area contributed by atoms with Crippen molar-refractivity contribution in [2.75, 3.05) is 6.61 Å². The largest absolute Gasteiger partial charge is 0.487 e. The van der Waals surface area contributed by atoms with Crippen LogP contribution in [0.4, 0.5) is 4.79 Å². The third-order valence-electron chi connectivity index (χ3n) is 4.74.